The molecule has 12 heteroatoms. The Morgan fingerprint density at radius 3 is 2.15 bits per heavy atom. The fourth-order valence-electron chi connectivity index (χ4n) is 4.11. The number of nitrogens with zero attached hydrogens (tertiary/aromatic N) is 1. The van der Waals surface area contributed by atoms with E-state index in [2.05, 4.69) is 16.0 Å². The molecule has 1 rings (SSSR count). The highest BCUT2D eigenvalue weighted by Gasteiger charge is 2.30. The Morgan fingerprint density at radius 2 is 1.62 bits per heavy atom. The standard InChI is InChI=1S/C27H43N5O7/c1-17(2)20(16-33)30-26(38)19(9-8-13-29-27(28)39)15-21(34)25(18(3)4)31-22(35)10-6-5-7-14-32-23(36)11-12-24(32)37/h11-12,16-20,25H,5-10,13-15H2,1-4H3,(H,30,38)(H,31,35)(H3,28,29,39)/t19-,20+,25+/m1/s1/i16D. The van der Waals surface area contributed by atoms with Gasteiger partial charge in [-0.2, -0.15) is 0 Å². The van der Waals surface area contributed by atoms with Gasteiger partial charge < -0.3 is 26.5 Å². The van der Waals surface area contributed by atoms with Gasteiger partial charge in [0.25, 0.3) is 11.8 Å². The number of carbonyl (C=O) groups is 7. The Labute approximate surface area is 231 Å². The number of nitrogens with two attached hydrogens (primary N) is 1. The van der Waals surface area contributed by atoms with Gasteiger partial charge in [-0.15, -0.1) is 0 Å². The molecule has 1 heterocycles. The number of rotatable bonds is 19. The van der Waals surface area contributed by atoms with E-state index in [4.69, 9.17) is 7.10 Å². The highest BCUT2D eigenvalue weighted by Crippen LogP contribution is 2.17. The minimum atomic E-state index is -1.02. The molecule has 1 aliphatic heterocycles. The summed E-state index contributed by atoms with van der Waals surface area (Å²) in [5.74, 6) is -3.33. The average molecular weight is 551 g/mol. The number of hydrogen-bond donors (Lipinski definition) is 4. The number of amides is 6. The summed E-state index contributed by atoms with van der Waals surface area (Å²) in [4.78, 5) is 85.8. The molecule has 39 heavy (non-hydrogen) atoms. The fraction of sp³-hybridized carbons (Fsp3) is 0.667. The monoisotopic (exact) mass is 550 g/mol. The smallest absolute Gasteiger partial charge is 0.312 e. The van der Waals surface area contributed by atoms with Gasteiger partial charge in [-0.05, 0) is 37.5 Å². The zero-order valence-electron chi connectivity index (χ0n) is 24.3. The number of carbonyl (C=O) groups excluding carboxylic acids is 7. The molecule has 5 N–H and O–H groups in total. The number of hydrogen-bond acceptors (Lipinski definition) is 7. The molecule has 0 unspecified atom stereocenters. The van der Waals surface area contributed by atoms with E-state index in [1.165, 1.54) is 12.2 Å². The summed E-state index contributed by atoms with van der Waals surface area (Å²) in [6.45, 7) is 7.42. The molecule has 0 radical (unpaired) electrons. The van der Waals surface area contributed by atoms with Crippen LogP contribution in [0.25, 0.3) is 0 Å². The molecule has 218 valence electrons. The van der Waals surface area contributed by atoms with Gasteiger partial charge in [-0.1, -0.05) is 34.1 Å². The lowest BCUT2D eigenvalue weighted by Gasteiger charge is -2.25. The number of primary amides is 1. The van der Waals surface area contributed by atoms with Gasteiger partial charge in [0.15, 0.2) is 5.78 Å². The van der Waals surface area contributed by atoms with Crippen LogP contribution in [0.2, 0.25) is 0 Å². The molecule has 0 saturated carbocycles. The summed E-state index contributed by atoms with van der Waals surface area (Å²) >= 11 is 0. The first-order valence-electron chi connectivity index (χ1n) is 13.9. The van der Waals surface area contributed by atoms with E-state index < -0.39 is 36.2 Å². The van der Waals surface area contributed by atoms with Crippen LogP contribution in [-0.4, -0.2) is 71.8 Å². The van der Waals surface area contributed by atoms with Crippen LogP contribution in [0.3, 0.4) is 0 Å². The van der Waals surface area contributed by atoms with Gasteiger partial charge >= 0.3 is 6.03 Å². The number of imide groups is 1. The van der Waals surface area contributed by atoms with Crippen molar-refractivity contribution >= 4 is 41.7 Å². The number of ketones is 1. The average Bonchev–Trinajstić information content (AvgIpc) is 3.18. The van der Waals surface area contributed by atoms with E-state index in [9.17, 15) is 33.6 Å². The molecule has 12 nitrogen and oxygen atoms in total. The lowest BCUT2D eigenvalue weighted by Crippen LogP contribution is -2.47. The summed E-state index contributed by atoms with van der Waals surface area (Å²) in [6.07, 6.45) is 3.69. The predicted molar refractivity (Wildman–Crippen MR) is 144 cm³/mol. The third kappa shape index (κ3) is 12.2. The summed E-state index contributed by atoms with van der Waals surface area (Å²) < 4.78 is 7.44. The molecular formula is C27H43N5O7. The van der Waals surface area contributed by atoms with Gasteiger partial charge in [-0.25, -0.2) is 4.79 Å². The van der Waals surface area contributed by atoms with E-state index in [0.29, 0.717) is 25.7 Å². The Bertz CT molecular complexity index is 964. The maximum atomic E-state index is 13.3. The zero-order chi connectivity index (χ0) is 30.4. The maximum Gasteiger partial charge on any atom is 0.312 e. The summed E-state index contributed by atoms with van der Waals surface area (Å²) in [5, 5.41) is 7.76. The highest BCUT2D eigenvalue weighted by atomic mass is 16.2. The third-order valence-electron chi connectivity index (χ3n) is 6.45. The SMILES string of the molecule is [2H]C(=O)[C@H](NC(=O)[C@H](CCCNC(N)=O)CC(=O)[C@@H](NC(=O)CCCCCN1C(=O)C=CC1=O)C(C)C)C(C)C. The zero-order valence-corrected chi connectivity index (χ0v) is 23.3. The number of aldehydes is 1. The van der Waals surface area contributed by atoms with E-state index in [1.54, 1.807) is 27.7 Å². The molecule has 0 aromatic heterocycles. The molecule has 0 aromatic carbocycles. The molecule has 0 aliphatic carbocycles. The molecule has 1 aliphatic rings. The lowest BCUT2D eigenvalue weighted by molar-refractivity contribution is -0.137. The molecule has 0 saturated heterocycles. The molecule has 0 spiro atoms. The Kier molecular flexibility index (Phi) is 13.9. The summed E-state index contributed by atoms with van der Waals surface area (Å²) in [5.41, 5.74) is 5.08. The van der Waals surface area contributed by atoms with Crippen molar-refractivity contribution in [2.75, 3.05) is 13.1 Å². The van der Waals surface area contributed by atoms with Crippen LogP contribution in [-0.2, 0) is 28.8 Å². The van der Waals surface area contributed by atoms with Crippen molar-refractivity contribution in [1.82, 2.24) is 20.9 Å². The van der Waals surface area contributed by atoms with Crippen LogP contribution in [0.5, 0.6) is 0 Å². The van der Waals surface area contributed by atoms with Crippen LogP contribution >= 0.6 is 0 Å². The lowest BCUT2D eigenvalue weighted by atomic mass is 9.89. The van der Waals surface area contributed by atoms with Crippen molar-refractivity contribution in [2.45, 2.75) is 84.7 Å². The largest absolute Gasteiger partial charge is 0.352 e. The van der Waals surface area contributed by atoms with E-state index >= 15 is 0 Å². The van der Waals surface area contributed by atoms with Gasteiger partial charge in [0.05, 0.1) is 12.1 Å². The first-order valence-corrected chi connectivity index (χ1v) is 13.4. The fourth-order valence-corrected chi connectivity index (χ4v) is 4.11. The third-order valence-corrected chi connectivity index (χ3v) is 6.45. The molecule has 0 fully saturated rings. The van der Waals surface area contributed by atoms with Gasteiger partial charge in [0.1, 0.15) is 7.63 Å². The van der Waals surface area contributed by atoms with Crippen LogP contribution < -0.4 is 21.7 Å². The Balaban J connectivity index is 2.72. The van der Waals surface area contributed by atoms with Crippen molar-refractivity contribution in [2.24, 2.45) is 23.5 Å². The number of nitrogens with one attached hydrogen (secondary N) is 3. The predicted octanol–water partition coefficient (Wildman–Crippen LogP) is 0.976. The number of urea groups is 1. The molecule has 0 bridgehead atoms. The summed E-state index contributed by atoms with van der Waals surface area (Å²) in [7, 11) is 0. The Morgan fingerprint density at radius 1 is 0.974 bits per heavy atom. The summed E-state index contributed by atoms with van der Waals surface area (Å²) in [6, 6.07) is -2.57. The number of unbranched alkanes of at least 4 members (excludes halogenated alkanes) is 2. The minimum Gasteiger partial charge on any atom is -0.352 e. The molecule has 6 amide bonds. The van der Waals surface area contributed by atoms with E-state index in [1.807, 2.05) is 0 Å². The molecule has 3 atom stereocenters. The van der Waals surface area contributed by atoms with Crippen molar-refractivity contribution < 1.29 is 34.9 Å². The van der Waals surface area contributed by atoms with Crippen LogP contribution in [0.4, 0.5) is 4.79 Å². The number of Topliss-reactive ketones (excluding diaryl/α,β-unsaturated/α-hetero) is 1. The van der Waals surface area contributed by atoms with Crippen LogP contribution in [0, 0.1) is 17.8 Å². The first-order chi connectivity index (χ1) is 18.7. The van der Waals surface area contributed by atoms with Crippen LogP contribution in [0.1, 0.15) is 74.0 Å². The van der Waals surface area contributed by atoms with Gasteiger partial charge in [-0.3, -0.25) is 28.9 Å². The highest BCUT2D eigenvalue weighted by molar-refractivity contribution is 6.12. The quantitative estimate of drug-likeness (QED) is 0.105. The van der Waals surface area contributed by atoms with Crippen molar-refractivity contribution in [3.05, 3.63) is 12.2 Å². The van der Waals surface area contributed by atoms with E-state index in [0.717, 1.165) is 4.90 Å². The van der Waals surface area contributed by atoms with Gasteiger partial charge in [0.2, 0.25) is 11.8 Å². The second-order valence-electron chi connectivity index (χ2n) is 10.4. The second kappa shape index (κ2) is 17.1. The first kappa shape index (κ1) is 31.6. The van der Waals surface area contributed by atoms with Crippen molar-refractivity contribution in [3.63, 3.8) is 0 Å². The Hall–Kier alpha value is -3.57. The maximum absolute atomic E-state index is 13.3. The van der Waals surface area contributed by atoms with Crippen LogP contribution in [0.15, 0.2) is 12.2 Å². The minimum absolute atomic E-state index is 0.154. The topological polar surface area (TPSA) is 185 Å². The normalized spacial score (nSPS) is 15.6. The molecular weight excluding hydrogens is 506 g/mol. The van der Waals surface area contributed by atoms with E-state index in [-0.39, 0.29) is 67.7 Å². The second-order valence-corrected chi connectivity index (χ2v) is 10.4. The van der Waals surface area contributed by atoms with Crippen molar-refractivity contribution in [3.8, 4) is 0 Å². The van der Waals surface area contributed by atoms with Gasteiger partial charge in [0, 0.05) is 44.0 Å². The van der Waals surface area contributed by atoms with Crippen molar-refractivity contribution in [1.29, 1.82) is 0 Å². The molecule has 0 aromatic rings.